The number of rotatable bonds is 5. The van der Waals surface area contributed by atoms with Crippen LogP contribution in [0.15, 0.2) is 41.9 Å². The predicted molar refractivity (Wildman–Crippen MR) is 124 cm³/mol. The average molecular weight is 500 g/mol. The number of halogens is 1. The molecule has 1 atom stereocenters. The summed E-state index contributed by atoms with van der Waals surface area (Å²) in [6, 6.07) is 8.58. The molecular formula is C19H29IN6S. The van der Waals surface area contributed by atoms with E-state index in [-0.39, 0.29) is 24.0 Å². The maximum Gasteiger partial charge on any atom is 0.193 e. The molecule has 0 radical (unpaired) electrons. The number of hydrogen-bond donors (Lipinski definition) is 1. The third-order valence-electron chi connectivity index (χ3n) is 4.60. The van der Waals surface area contributed by atoms with Crippen LogP contribution in [-0.4, -0.2) is 56.8 Å². The molecule has 2 aromatic rings. The summed E-state index contributed by atoms with van der Waals surface area (Å²) in [7, 11) is 1.87. The fourth-order valence-electron chi connectivity index (χ4n) is 3.12. The van der Waals surface area contributed by atoms with Gasteiger partial charge in [-0.25, -0.2) is 9.67 Å². The molecule has 1 fully saturated rings. The second-order valence-electron chi connectivity index (χ2n) is 6.91. The quantitative estimate of drug-likeness (QED) is 0.389. The van der Waals surface area contributed by atoms with Crippen LogP contribution in [0.1, 0.15) is 25.0 Å². The Morgan fingerprint density at radius 1 is 1.37 bits per heavy atom. The molecule has 1 saturated heterocycles. The molecule has 0 saturated carbocycles. The van der Waals surface area contributed by atoms with Crippen molar-refractivity contribution in [3.05, 3.63) is 48.0 Å². The summed E-state index contributed by atoms with van der Waals surface area (Å²) < 4.78 is 1.84. The number of benzene rings is 1. The van der Waals surface area contributed by atoms with Gasteiger partial charge in [-0.2, -0.15) is 16.9 Å². The molecule has 8 heteroatoms. The van der Waals surface area contributed by atoms with Gasteiger partial charge in [0.2, 0.25) is 0 Å². The Balaban J connectivity index is 0.00000261. The van der Waals surface area contributed by atoms with Crippen LogP contribution in [0, 0.1) is 5.92 Å². The summed E-state index contributed by atoms with van der Waals surface area (Å²) in [5.41, 5.74) is 2.47. The third kappa shape index (κ3) is 6.38. The molecule has 1 unspecified atom stereocenters. The van der Waals surface area contributed by atoms with Crippen molar-refractivity contribution in [1.82, 2.24) is 25.0 Å². The van der Waals surface area contributed by atoms with E-state index < -0.39 is 0 Å². The topological polar surface area (TPSA) is 58.3 Å². The molecule has 2 heterocycles. The number of nitrogens with zero attached hydrogens (tertiary/aromatic N) is 5. The highest BCUT2D eigenvalue weighted by atomic mass is 127. The van der Waals surface area contributed by atoms with Gasteiger partial charge in [0.1, 0.15) is 12.7 Å². The lowest BCUT2D eigenvalue weighted by Crippen LogP contribution is -2.48. The fraction of sp³-hybridized carbons (Fsp3) is 0.526. The molecule has 0 amide bonds. The second-order valence-corrected chi connectivity index (χ2v) is 8.26. The van der Waals surface area contributed by atoms with Crippen molar-refractivity contribution >= 4 is 41.7 Å². The molecule has 1 aromatic carbocycles. The highest BCUT2D eigenvalue weighted by Crippen LogP contribution is 2.24. The SMILES string of the molecule is CN=C(NCc1cccc(Cn2cncn2)c1)N1CCSC(C(C)C)C1.I. The molecule has 27 heavy (non-hydrogen) atoms. The van der Waals surface area contributed by atoms with Gasteiger partial charge in [-0.3, -0.25) is 4.99 Å². The lowest BCUT2D eigenvalue weighted by Gasteiger charge is -2.36. The molecule has 0 bridgehead atoms. The summed E-state index contributed by atoms with van der Waals surface area (Å²) in [5, 5.41) is 8.38. The molecule has 1 aliphatic heterocycles. The van der Waals surface area contributed by atoms with Crippen molar-refractivity contribution in [2.45, 2.75) is 32.2 Å². The van der Waals surface area contributed by atoms with Gasteiger partial charge in [-0.15, -0.1) is 24.0 Å². The molecule has 1 aromatic heterocycles. The van der Waals surface area contributed by atoms with Gasteiger partial charge in [-0.1, -0.05) is 38.1 Å². The molecule has 148 valence electrons. The monoisotopic (exact) mass is 500 g/mol. The predicted octanol–water partition coefficient (Wildman–Crippen LogP) is 3.09. The standard InChI is InChI=1S/C19H28N6S.HI/c1-15(2)18-12-24(7-8-26-18)19(20-3)22-10-16-5-4-6-17(9-16)11-25-14-21-13-23-25;/h4-6,9,13-15,18H,7-8,10-12H2,1-3H3,(H,20,22);1H. The number of guanidine groups is 1. The number of aliphatic imine (C=N–C) groups is 1. The van der Waals surface area contributed by atoms with Crippen LogP contribution in [0.5, 0.6) is 0 Å². The van der Waals surface area contributed by atoms with Crippen LogP contribution in [0.4, 0.5) is 0 Å². The molecule has 0 aliphatic carbocycles. The van der Waals surface area contributed by atoms with E-state index in [0.717, 1.165) is 37.9 Å². The van der Waals surface area contributed by atoms with Crippen LogP contribution >= 0.6 is 35.7 Å². The van der Waals surface area contributed by atoms with Crippen molar-refractivity contribution in [1.29, 1.82) is 0 Å². The third-order valence-corrected chi connectivity index (χ3v) is 6.14. The first kappa shape index (κ1) is 22.0. The Kier molecular flexibility index (Phi) is 8.88. The Morgan fingerprint density at radius 2 is 2.19 bits per heavy atom. The van der Waals surface area contributed by atoms with Gasteiger partial charge in [0, 0.05) is 37.7 Å². The van der Waals surface area contributed by atoms with E-state index in [1.54, 1.807) is 12.7 Å². The van der Waals surface area contributed by atoms with E-state index in [9.17, 15) is 0 Å². The molecular weight excluding hydrogens is 471 g/mol. The first-order chi connectivity index (χ1) is 12.7. The average Bonchev–Trinajstić information content (AvgIpc) is 3.16. The zero-order valence-corrected chi connectivity index (χ0v) is 19.4. The van der Waals surface area contributed by atoms with E-state index in [0.29, 0.717) is 11.2 Å². The molecule has 6 nitrogen and oxygen atoms in total. The van der Waals surface area contributed by atoms with E-state index in [4.69, 9.17) is 0 Å². The molecule has 0 spiro atoms. The van der Waals surface area contributed by atoms with Crippen LogP contribution < -0.4 is 5.32 Å². The van der Waals surface area contributed by atoms with Gasteiger partial charge < -0.3 is 10.2 Å². The van der Waals surface area contributed by atoms with Crippen LogP contribution in [0.25, 0.3) is 0 Å². The minimum Gasteiger partial charge on any atom is -0.352 e. The lowest BCUT2D eigenvalue weighted by atomic mass is 10.1. The normalized spacial score (nSPS) is 17.7. The van der Waals surface area contributed by atoms with Crippen molar-refractivity contribution in [3.63, 3.8) is 0 Å². The number of hydrogen-bond acceptors (Lipinski definition) is 4. The zero-order valence-electron chi connectivity index (χ0n) is 16.2. The Morgan fingerprint density at radius 3 is 2.89 bits per heavy atom. The summed E-state index contributed by atoms with van der Waals surface area (Å²) in [6.07, 6.45) is 3.31. The van der Waals surface area contributed by atoms with E-state index in [1.165, 1.54) is 11.1 Å². The summed E-state index contributed by atoms with van der Waals surface area (Å²) in [4.78, 5) is 10.9. The number of aromatic nitrogens is 3. The summed E-state index contributed by atoms with van der Waals surface area (Å²) >= 11 is 2.08. The van der Waals surface area contributed by atoms with Crippen molar-refractivity contribution in [2.75, 3.05) is 25.9 Å². The molecule has 3 rings (SSSR count). The van der Waals surface area contributed by atoms with Crippen LogP contribution in [0.3, 0.4) is 0 Å². The lowest BCUT2D eigenvalue weighted by molar-refractivity contribution is 0.380. The van der Waals surface area contributed by atoms with E-state index >= 15 is 0 Å². The van der Waals surface area contributed by atoms with Gasteiger partial charge in [0.15, 0.2) is 5.96 Å². The van der Waals surface area contributed by atoms with Crippen LogP contribution in [-0.2, 0) is 13.1 Å². The highest BCUT2D eigenvalue weighted by molar-refractivity contribution is 14.0. The van der Waals surface area contributed by atoms with E-state index in [1.807, 2.05) is 11.7 Å². The Labute approximate surface area is 183 Å². The highest BCUT2D eigenvalue weighted by Gasteiger charge is 2.24. The molecule has 1 N–H and O–H groups in total. The minimum absolute atomic E-state index is 0. The smallest absolute Gasteiger partial charge is 0.193 e. The van der Waals surface area contributed by atoms with E-state index in [2.05, 4.69) is 75.2 Å². The maximum atomic E-state index is 4.50. The van der Waals surface area contributed by atoms with Gasteiger partial charge in [-0.05, 0) is 17.0 Å². The first-order valence-corrected chi connectivity index (χ1v) is 10.2. The second kappa shape index (κ2) is 10.9. The Hall–Kier alpha value is -1.29. The summed E-state index contributed by atoms with van der Waals surface area (Å²) in [6.45, 7) is 8.24. The molecule has 1 aliphatic rings. The number of thioether (sulfide) groups is 1. The van der Waals surface area contributed by atoms with Gasteiger partial charge in [0.25, 0.3) is 0 Å². The Bertz CT molecular complexity index is 719. The zero-order chi connectivity index (χ0) is 18.4. The van der Waals surface area contributed by atoms with Gasteiger partial charge >= 0.3 is 0 Å². The number of nitrogens with one attached hydrogen (secondary N) is 1. The van der Waals surface area contributed by atoms with Crippen molar-refractivity contribution in [2.24, 2.45) is 10.9 Å². The largest absolute Gasteiger partial charge is 0.352 e. The first-order valence-electron chi connectivity index (χ1n) is 9.13. The van der Waals surface area contributed by atoms with Crippen LogP contribution in [0.2, 0.25) is 0 Å². The summed E-state index contributed by atoms with van der Waals surface area (Å²) in [5.74, 6) is 2.85. The van der Waals surface area contributed by atoms with Crippen molar-refractivity contribution in [3.8, 4) is 0 Å². The van der Waals surface area contributed by atoms with Gasteiger partial charge in [0.05, 0.1) is 6.54 Å². The minimum atomic E-state index is 0. The maximum absolute atomic E-state index is 4.50. The fourth-order valence-corrected chi connectivity index (χ4v) is 4.42. The van der Waals surface area contributed by atoms with Crippen molar-refractivity contribution < 1.29 is 0 Å².